The van der Waals surface area contributed by atoms with E-state index < -0.39 is 8.80 Å². The smallest absolute Gasteiger partial charge is 0.493 e. The summed E-state index contributed by atoms with van der Waals surface area (Å²) in [6, 6.07) is 12.8. The predicted octanol–water partition coefficient (Wildman–Crippen LogP) is 4.66. The minimum absolute atomic E-state index is 0.0897. The highest BCUT2D eigenvalue weighted by Crippen LogP contribution is 2.43. The number of rotatable bonds is 10. The van der Waals surface area contributed by atoms with Crippen molar-refractivity contribution in [2.75, 3.05) is 27.9 Å². The first-order chi connectivity index (χ1) is 14.0. The highest BCUT2D eigenvalue weighted by Gasteiger charge is 2.37. The number of ketones is 1. The number of Topliss-reactive ketones (excluding diaryl/α,β-unsaturated/α-hetero) is 1. The third-order valence-corrected chi connectivity index (χ3v) is 8.21. The average Bonchev–Trinajstić information content (AvgIpc) is 3.12. The van der Waals surface area contributed by atoms with E-state index in [2.05, 4.69) is 18.7 Å². The maximum atomic E-state index is 12.7. The summed E-state index contributed by atoms with van der Waals surface area (Å²) in [6.07, 6.45) is 1.45. The Morgan fingerprint density at radius 3 is 2.38 bits per heavy atom. The highest BCUT2D eigenvalue weighted by molar-refractivity contribution is 6.60. The van der Waals surface area contributed by atoms with E-state index >= 15 is 0 Å². The summed E-state index contributed by atoms with van der Waals surface area (Å²) in [5.41, 5.74) is 5.70. The van der Waals surface area contributed by atoms with Gasteiger partial charge in [0.1, 0.15) is 5.75 Å². The molecule has 0 N–H and O–H groups in total. The van der Waals surface area contributed by atoms with Gasteiger partial charge in [-0.05, 0) is 41.7 Å². The van der Waals surface area contributed by atoms with Crippen LogP contribution in [0.3, 0.4) is 0 Å². The van der Waals surface area contributed by atoms with Gasteiger partial charge in [-0.1, -0.05) is 36.9 Å². The van der Waals surface area contributed by atoms with Crippen LogP contribution < -0.4 is 4.74 Å². The zero-order valence-electron chi connectivity index (χ0n) is 17.5. The normalized spacial score (nSPS) is 12.4. The lowest BCUT2D eigenvalue weighted by Gasteiger charge is -2.24. The fourth-order valence-corrected chi connectivity index (χ4v) is 5.47. The van der Waals surface area contributed by atoms with Crippen LogP contribution >= 0.6 is 0 Å². The number of hydrogen-bond donors (Lipinski definition) is 0. The van der Waals surface area contributed by atoms with Gasteiger partial charge in [-0.3, -0.25) is 4.79 Å². The molecule has 0 aliphatic heterocycles. The molecule has 0 fully saturated rings. The van der Waals surface area contributed by atoms with E-state index in [0.717, 1.165) is 17.5 Å². The van der Waals surface area contributed by atoms with Crippen molar-refractivity contribution < 1.29 is 22.8 Å². The van der Waals surface area contributed by atoms with Crippen molar-refractivity contribution in [3.63, 3.8) is 0 Å². The van der Waals surface area contributed by atoms with Gasteiger partial charge in [-0.2, -0.15) is 0 Å². The summed E-state index contributed by atoms with van der Waals surface area (Å²) in [7, 11) is 2.16. The van der Waals surface area contributed by atoms with E-state index in [0.29, 0.717) is 36.0 Å². The van der Waals surface area contributed by atoms with Crippen molar-refractivity contribution >= 4 is 14.6 Å². The minimum atomic E-state index is -2.64. The van der Waals surface area contributed by atoms with E-state index in [1.165, 1.54) is 11.1 Å². The lowest BCUT2D eigenvalue weighted by Crippen LogP contribution is -2.42. The molecular formula is C23H28O5Si. The molecule has 0 spiro atoms. The number of carbonyl (C=O) groups is 1. The summed E-state index contributed by atoms with van der Waals surface area (Å²) in [5, 5.41) is 0. The van der Waals surface area contributed by atoms with Gasteiger partial charge in [-0.25, -0.2) is 0 Å². The maximum absolute atomic E-state index is 12.7. The van der Waals surface area contributed by atoms with Crippen LogP contribution in [0.4, 0.5) is 0 Å². The van der Waals surface area contributed by atoms with Crippen molar-refractivity contribution in [1.29, 1.82) is 0 Å². The topological polar surface area (TPSA) is 54.0 Å². The van der Waals surface area contributed by atoms with Crippen molar-refractivity contribution in [1.82, 2.24) is 0 Å². The predicted molar refractivity (Wildman–Crippen MR) is 116 cm³/mol. The first-order valence-corrected chi connectivity index (χ1v) is 11.6. The first-order valence-electron chi connectivity index (χ1n) is 9.69. The SMILES string of the molecule is C=C(C)C(=O)c1ccc2c(c1OCCC[Si](OC)(OC)OC)Cc1ccccc1-2. The molecule has 1 aliphatic rings. The van der Waals surface area contributed by atoms with Crippen LogP contribution in [-0.2, 0) is 19.7 Å². The Morgan fingerprint density at radius 2 is 1.72 bits per heavy atom. The average molecular weight is 413 g/mol. The molecule has 0 aromatic heterocycles. The molecule has 5 nitrogen and oxygen atoms in total. The van der Waals surface area contributed by atoms with Crippen LogP contribution in [0.2, 0.25) is 6.04 Å². The lowest BCUT2D eigenvalue weighted by atomic mass is 9.97. The van der Waals surface area contributed by atoms with Gasteiger partial charge >= 0.3 is 8.80 Å². The van der Waals surface area contributed by atoms with Crippen LogP contribution in [0.25, 0.3) is 11.1 Å². The van der Waals surface area contributed by atoms with Gasteiger partial charge in [0.15, 0.2) is 5.78 Å². The molecule has 2 aromatic rings. The van der Waals surface area contributed by atoms with E-state index in [1.807, 2.05) is 24.3 Å². The fourth-order valence-electron chi connectivity index (χ4n) is 3.78. The molecule has 6 heteroatoms. The van der Waals surface area contributed by atoms with Gasteiger partial charge in [0.05, 0.1) is 12.2 Å². The van der Waals surface area contributed by atoms with Crippen LogP contribution in [-0.4, -0.2) is 42.5 Å². The summed E-state index contributed by atoms with van der Waals surface area (Å²) in [6.45, 7) is 5.98. The zero-order valence-corrected chi connectivity index (χ0v) is 18.5. The van der Waals surface area contributed by atoms with Crippen LogP contribution in [0.1, 0.15) is 34.8 Å². The van der Waals surface area contributed by atoms with Crippen molar-refractivity contribution in [2.24, 2.45) is 0 Å². The van der Waals surface area contributed by atoms with E-state index in [4.69, 9.17) is 18.0 Å². The Balaban J connectivity index is 1.86. The summed E-state index contributed by atoms with van der Waals surface area (Å²) in [4.78, 5) is 12.7. The molecule has 0 atom stereocenters. The molecule has 0 saturated heterocycles. The molecule has 29 heavy (non-hydrogen) atoms. The Bertz CT molecular complexity index is 909. The van der Waals surface area contributed by atoms with Gasteiger partial charge in [0, 0.05) is 39.4 Å². The number of ether oxygens (including phenoxy) is 1. The molecule has 0 saturated carbocycles. The Labute approximate surface area is 173 Å². The van der Waals surface area contributed by atoms with E-state index in [-0.39, 0.29) is 5.78 Å². The van der Waals surface area contributed by atoms with Crippen molar-refractivity contribution in [2.45, 2.75) is 25.8 Å². The molecule has 2 aromatic carbocycles. The third kappa shape index (κ3) is 4.21. The molecule has 1 aliphatic carbocycles. The molecule has 0 radical (unpaired) electrons. The maximum Gasteiger partial charge on any atom is 0.500 e. The Hall–Kier alpha value is -2.25. The third-order valence-electron chi connectivity index (χ3n) is 5.37. The van der Waals surface area contributed by atoms with Crippen molar-refractivity contribution in [3.8, 4) is 16.9 Å². The van der Waals surface area contributed by atoms with E-state index in [9.17, 15) is 4.79 Å². The number of benzene rings is 2. The second kappa shape index (κ2) is 9.05. The van der Waals surface area contributed by atoms with Gasteiger partial charge < -0.3 is 18.0 Å². The summed E-state index contributed by atoms with van der Waals surface area (Å²) in [5.74, 6) is 0.569. The summed E-state index contributed by atoms with van der Waals surface area (Å²) < 4.78 is 22.6. The molecule has 3 rings (SSSR count). The van der Waals surface area contributed by atoms with Gasteiger partial charge in [0.25, 0.3) is 0 Å². The van der Waals surface area contributed by atoms with Crippen LogP contribution in [0, 0.1) is 0 Å². The van der Waals surface area contributed by atoms with Crippen molar-refractivity contribution in [3.05, 3.63) is 65.2 Å². The van der Waals surface area contributed by atoms with Gasteiger partial charge in [0.2, 0.25) is 0 Å². The first kappa shape index (κ1) is 21.5. The lowest BCUT2D eigenvalue weighted by molar-refractivity contribution is 0.102. The number of carbonyl (C=O) groups excluding carboxylic acids is 1. The molecule has 0 amide bonds. The largest absolute Gasteiger partial charge is 0.500 e. The number of allylic oxidation sites excluding steroid dienone is 1. The Kier molecular flexibility index (Phi) is 6.69. The molecule has 0 unspecified atom stereocenters. The molecule has 154 valence electrons. The van der Waals surface area contributed by atoms with E-state index in [1.54, 1.807) is 28.3 Å². The fraction of sp³-hybridized carbons (Fsp3) is 0.348. The second-order valence-corrected chi connectivity index (χ2v) is 10.2. The number of hydrogen-bond acceptors (Lipinski definition) is 5. The summed E-state index contributed by atoms with van der Waals surface area (Å²) >= 11 is 0. The monoisotopic (exact) mass is 412 g/mol. The zero-order chi connectivity index (χ0) is 21.0. The van der Waals surface area contributed by atoms with Gasteiger partial charge in [-0.15, -0.1) is 0 Å². The quantitative estimate of drug-likeness (QED) is 0.210. The second-order valence-electron chi connectivity index (χ2n) is 7.16. The van der Waals surface area contributed by atoms with Crippen LogP contribution in [0.15, 0.2) is 48.6 Å². The molecule has 0 bridgehead atoms. The standard InChI is InChI=1S/C23H28O5Si/c1-16(2)22(24)20-12-11-19-18-10-7-6-9-17(18)15-21(19)23(20)28-13-8-14-29(25-3,26-4)27-5/h6-7,9-12H,1,8,13-15H2,2-5H3. The Morgan fingerprint density at radius 1 is 1.03 bits per heavy atom. The highest BCUT2D eigenvalue weighted by atomic mass is 28.4. The minimum Gasteiger partial charge on any atom is -0.493 e. The molecule has 0 heterocycles. The number of fused-ring (bicyclic) bond motifs is 3. The molecular weight excluding hydrogens is 384 g/mol. The van der Waals surface area contributed by atoms with Crippen LogP contribution in [0.5, 0.6) is 5.75 Å².